The van der Waals surface area contributed by atoms with Gasteiger partial charge in [0.15, 0.2) is 0 Å². The number of carbonyl (C=O) groups is 1. The molecule has 1 aromatic rings. The van der Waals surface area contributed by atoms with E-state index in [2.05, 4.69) is 5.32 Å². The van der Waals surface area contributed by atoms with Crippen molar-refractivity contribution in [2.24, 2.45) is 0 Å². The van der Waals surface area contributed by atoms with E-state index < -0.39 is 0 Å². The molecule has 0 atom stereocenters. The van der Waals surface area contributed by atoms with Crippen LogP contribution in [0.4, 0.5) is 10.5 Å². The molecule has 0 aliphatic carbocycles. The van der Waals surface area contributed by atoms with Gasteiger partial charge in [-0.05, 0) is 25.0 Å². The maximum Gasteiger partial charge on any atom is 0.321 e. The molecule has 5 heteroatoms. The molecule has 0 aromatic heterocycles. The number of hydrogen-bond donors (Lipinski definition) is 3. The van der Waals surface area contributed by atoms with Crippen LogP contribution in [0.15, 0.2) is 24.3 Å². The van der Waals surface area contributed by atoms with E-state index in [9.17, 15) is 4.79 Å². The highest BCUT2D eigenvalue weighted by atomic mass is 16.3. The summed E-state index contributed by atoms with van der Waals surface area (Å²) in [5.41, 5.74) is 1.74. The van der Waals surface area contributed by atoms with Gasteiger partial charge in [0.25, 0.3) is 0 Å². The largest absolute Gasteiger partial charge is 0.396 e. The summed E-state index contributed by atoms with van der Waals surface area (Å²) in [5, 5.41) is 20.5. The van der Waals surface area contributed by atoms with E-state index >= 15 is 0 Å². The summed E-state index contributed by atoms with van der Waals surface area (Å²) < 4.78 is 0. The fourth-order valence-electron chi connectivity index (χ4n) is 1.60. The monoisotopic (exact) mass is 252 g/mol. The molecule has 0 saturated carbocycles. The van der Waals surface area contributed by atoms with Crippen molar-refractivity contribution in [3.8, 4) is 0 Å². The van der Waals surface area contributed by atoms with Gasteiger partial charge in [0.1, 0.15) is 0 Å². The van der Waals surface area contributed by atoms with E-state index in [1.54, 1.807) is 0 Å². The lowest BCUT2D eigenvalue weighted by Gasteiger charge is -2.22. The number of nitrogens with one attached hydrogen (secondary N) is 1. The average Bonchev–Trinajstić information content (AvgIpc) is 2.37. The molecule has 0 bridgehead atoms. The molecule has 5 nitrogen and oxygen atoms in total. The first-order valence-corrected chi connectivity index (χ1v) is 6.02. The third-order valence-corrected chi connectivity index (χ3v) is 2.63. The molecule has 0 fully saturated rings. The lowest BCUT2D eigenvalue weighted by Crippen LogP contribution is -2.38. The van der Waals surface area contributed by atoms with Gasteiger partial charge in [0, 0.05) is 25.4 Å². The Balaban J connectivity index is 2.63. The van der Waals surface area contributed by atoms with Crippen molar-refractivity contribution in [2.45, 2.75) is 13.3 Å². The Morgan fingerprint density at radius 2 is 1.94 bits per heavy atom. The molecule has 0 aliphatic rings. The van der Waals surface area contributed by atoms with Gasteiger partial charge in [-0.3, -0.25) is 0 Å². The van der Waals surface area contributed by atoms with Gasteiger partial charge in [-0.15, -0.1) is 0 Å². The molecule has 3 N–H and O–H groups in total. The second-order valence-electron chi connectivity index (χ2n) is 4.03. The number of hydrogen-bond acceptors (Lipinski definition) is 3. The highest BCUT2D eigenvalue weighted by Crippen LogP contribution is 2.13. The predicted octanol–water partition coefficient (Wildman–Crippen LogP) is 1.20. The Bertz CT molecular complexity index is 382. The van der Waals surface area contributed by atoms with E-state index in [0.717, 1.165) is 11.3 Å². The standard InChI is InChI=1S/C13H20N2O3/c1-11-5-2-3-6-12(11)14-13(18)15(8-10-17)7-4-9-16/h2-3,5-6,16-17H,4,7-10H2,1H3,(H,14,18). The summed E-state index contributed by atoms with van der Waals surface area (Å²) in [4.78, 5) is 13.5. The fourth-order valence-corrected chi connectivity index (χ4v) is 1.60. The van der Waals surface area contributed by atoms with Crippen molar-refractivity contribution < 1.29 is 15.0 Å². The molecule has 0 unspecified atom stereocenters. The number of aliphatic hydroxyl groups excluding tert-OH is 2. The molecule has 0 radical (unpaired) electrons. The molecule has 100 valence electrons. The Morgan fingerprint density at radius 3 is 2.56 bits per heavy atom. The van der Waals surface area contributed by atoms with Crippen LogP contribution in [0, 0.1) is 6.92 Å². The molecule has 0 saturated heterocycles. The van der Waals surface area contributed by atoms with Gasteiger partial charge in [-0.25, -0.2) is 4.79 Å². The number of benzene rings is 1. The number of nitrogens with zero attached hydrogens (tertiary/aromatic N) is 1. The summed E-state index contributed by atoms with van der Waals surface area (Å²) in [5.74, 6) is 0. The van der Waals surface area contributed by atoms with Gasteiger partial charge >= 0.3 is 6.03 Å². The first-order valence-electron chi connectivity index (χ1n) is 6.02. The van der Waals surface area contributed by atoms with Crippen LogP contribution < -0.4 is 5.32 Å². The number of rotatable bonds is 6. The van der Waals surface area contributed by atoms with Gasteiger partial charge < -0.3 is 20.4 Å². The summed E-state index contributed by atoms with van der Waals surface area (Å²) in [7, 11) is 0. The maximum absolute atomic E-state index is 12.0. The third kappa shape index (κ3) is 4.35. The lowest BCUT2D eigenvalue weighted by molar-refractivity contribution is 0.180. The fraction of sp³-hybridized carbons (Fsp3) is 0.462. The van der Waals surface area contributed by atoms with Crippen LogP contribution in [0.1, 0.15) is 12.0 Å². The summed E-state index contributed by atoms with van der Waals surface area (Å²) >= 11 is 0. The Kier molecular flexibility index (Phi) is 6.18. The number of carbonyl (C=O) groups excluding carboxylic acids is 1. The topological polar surface area (TPSA) is 72.8 Å². The van der Waals surface area contributed by atoms with Crippen LogP contribution >= 0.6 is 0 Å². The minimum absolute atomic E-state index is 0.0274. The molecule has 0 heterocycles. The molecule has 0 aliphatic heterocycles. The smallest absolute Gasteiger partial charge is 0.321 e. The van der Waals surface area contributed by atoms with Crippen molar-refractivity contribution >= 4 is 11.7 Å². The Morgan fingerprint density at radius 1 is 1.22 bits per heavy atom. The SMILES string of the molecule is Cc1ccccc1NC(=O)N(CCO)CCCO. The zero-order valence-electron chi connectivity index (χ0n) is 10.6. The van der Waals surface area contributed by atoms with E-state index in [4.69, 9.17) is 10.2 Å². The summed E-state index contributed by atoms with van der Waals surface area (Å²) in [6.07, 6.45) is 0.501. The lowest BCUT2D eigenvalue weighted by atomic mass is 10.2. The number of para-hydroxylation sites is 1. The second-order valence-corrected chi connectivity index (χ2v) is 4.03. The molecule has 0 spiro atoms. The van der Waals surface area contributed by atoms with Crippen LogP contribution in [0.5, 0.6) is 0 Å². The highest BCUT2D eigenvalue weighted by Gasteiger charge is 2.13. The number of amides is 2. The van der Waals surface area contributed by atoms with Crippen LogP contribution in [0.25, 0.3) is 0 Å². The van der Waals surface area contributed by atoms with E-state index in [-0.39, 0.29) is 25.8 Å². The average molecular weight is 252 g/mol. The van der Waals surface area contributed by atoms with Gasteiger partial charge in [0.05, 0.1) is 6.61 Å². The van der Waals surface area contributed by atoms with Gasteiger partial charge in [0.2, 0.25) is 0 Å². The zero-order chi connectivity index (χ0) is 13.4. The molecule has 1 aromatic carbocycles. The first-order chi connectivity index (χ1) is 8.69. The summed E-state index contributed by atoms with van der Waals surface area (Å²) in [6, 6.07) is 7.25. The third-order valence-electron chi connectivity index (χ3n) is 2.63. The zero-order valence-corrected chi connectivity index (χ0v) is 10.6. The molecule has 1 rings (SSSR count). The highest BCUT2D eigenvalue weighted by molar-refractivity contribution is 5.90. The van der Waals surface area contributed by atoms with E-state index in [1.165, 1.54) is 4.90 Å². The van der Waals surface area contributed by atoms with Crippen LogP contribution in [0.3, 0.4) is 0 Å². The van der Waals surface area contributed by atoms with Crippen molar-refractivity contribution in [3.05, 3.63) is 29.8 Å². The van der Waals surface area contributed by atoms with Crippen molar-refractivity contribution in [1.29, 1.82) is 0 Å². The number of aliphatic hydroxyl groups is 2. The van der Waals surface area contributed by atoms with Crippen LogP contribution in [-0.2, 0) is 0 Å². The van der Waals surface area contributed by atoms with Crippen molar-refractivity contribution in [3.63, 3.8) is 0 Å². The Labute approximate surface area is 107 Å². The molecular weight excluding hydrogens is 232 g/mol. The second kappa shape index (κ2) is 7.68. The van der Waals surface area contributed by atoms with E-state index in [0.29, 0.717) is 13.0 Å². The minimum Gasteiger partial charge on any atom is -0.396 e. The van der Waals surface area contributed by atoms with Crippen molar-refractivity contribution in [2.75, 3.05) is 31.6 Å². The maximum atomic E-state index is 12.0. The first kappa shape index (κ1) is 14.5. The quantitative estimate of drug-likeness (QED) is 0.712. The van der Waals surface area contributed by atoms with E-state index in [1.807, 2.05) is 31.2 Å². The van der Waals surface area contributed by atoms with Gasteiger partial charge in [-0.2, -0.15) is 0 Å². The molecular formula is C13H20N2O3. The minimum atomic E-state index is -0.258. The number of aryl methyl sites for hydroxylation is 1. The predicted molar refractivity (Wildman–Crippen MR) is 70.6 cm³/mol. The Hall–Kier alpha value is -1.59. The van der Waals surface area contributed by atoms with Gasteiger partial charge in [-0.1, -0.05) is 18.2 Å². The number of anilines is 1. The molecule has 18 heavy (non-hydrogen) atoms. The van der Waals surface area contributed by atoms with Crippen LogP contribution in [0.2, 0.25) is 0 Å². The van der Waals surface area contributed by atoms with Crippen LogP contribution in [-0.4, -0.2) is 47.4 Å². The van der Waals surface area contributed by atoms with Crippen molar-refractivity contribution in [1.82, 2.24) is 4.90 Å². The number of urea groups is 1. The summed E-state index contributed by atoms with van der Waals surface area (Å²) in [6.45, 7) is 2.54. The molecule has 2 amide bonds. The normalized spacial score (nSPS) is 10.2.